The van der Waals surface area contributed by atoms with Gasteiger partial charge >= 0.3 is 0 Å². The number of nitro groups is 1. The van der Waals surface area contributed by atoms with Gasteiger partial charge in [0.1, 0.15) is 0 Å². The van der Waals surface area contributed by atoms with Crippen molar-refractivity contribution in [2.24, 2.45) is 5.92 Å². The number of nitrogens with zero attached hydrogens (tertiary/aromatic N) is 2. The Kier molecular flexibility index (Phi) is 4.42. The van der Waals surface area contributed by atoms with Crippen LogP contribution in [-0.4, -0.2) is 34.2 Å². The maximum Gasteiger partial charge on any atom is 0.271 e. The number of carbonyl (C=O) groups excluding carboxylic acids is 1. The Morgan fingerprint density at radius 1 is 1.53 bits per heavy atom. The first-order chi connectivity index (χ1) is 9.01. The molecule has 0 radical (unpaired) electrons. The van der Waals surface area contributed by atoms with Gasteiger partial charge in [-0.1, -0.05) is 27.5 Å². The molecule has 1 amide bonds. The molecule has 0 saturated carbocycles. The fourth-order valence-electron chi connectivity index (χ4n) is 2.13. The molecule has 19 heavy (non-hydrogen) atoms. The molecule has 7 heteroatoms. The van der Waals surface area contributed by atoms with Crippen molar-refractivity contribution in [2.75, 3.05) is 18.4 Å². The molecule has 0 aromatic heterocycles. The van der Waals surface area contributed by atoms with Crippen molar-refractivity contribution < 1.29 is 9.72 Å². The third-order valence-corrected chi connectivity index (χ3v) is 4.27. The highest BCUT2D eigenvalue weighted by atomic mass is 79.9. The molecule has 1 fully saturated rings. The van der Waals surface area contributed by atoms with Crippen LogP contribution in [0.4, 0.5) is 5.69 Å². The molecule has 0 aliphatic carbocycles. The third kappa shape index (κ3) is 3.25. The maximum absolute atomic E-state index is 12.3. The summed E-state index contributed by atoms with van der Waals surface area (Å²) < 4.78 is 0. The van der Waals surface area contributed by atoms with Crippen LogP contribution in [0.2, 0.25) is 5.02 Å². The van der Waals surface area contributed by atoms with Gasteiger partial charge in [-0.25, -0.2) is 0 Å². The Bertz CT molecular complexity index is 524. The number of likely N-dealkylation sites (tertiary alicyclic amines) is 1. The average Bonchev–Trinajstić information content (AvgIpc) is 2.85. The van der Waals surface area contributed by atoms with Crippen molar-refractivity contribution in [1.29, 1.82) is 0 Å². The van der Waals surface area contributed by atoms with E-state index >= 15 is 0 Å². The molecule has 1 heterocycles. The van der Waals surface area contributed by atoms with Gasteiger partial charge in [0.05, 0.1) is 4.92 Å². The predicted molar refractivity (Wildman–Crippen MR) is 75.9 cm³/mol. The van der Waals surface area contributed by atoms with E-state index < -0.39 is 4.92 Å². The molecular weight excluding hydrogens is 335 g/mol. The zero-order chi connectivity index (χ0) is 14.0. The average molecular weight is 348 g/mol. The molecule has 1 aromatic rings. The Hall–Kier alpha value is -1.14. The van der Waals surface area contributed by atoms with Crippen molar-refractivity contribution in [3.63, 3.8) is 0 Å². The predicted octanol–water partition coefficient (Wildman–Crippen LogP) is 3.11. The summed E-state index contributed by atoms with van der Waals surface area (Å²) in [7, 11) is 0. The summed E-state index contributed by atoms with van der Waals surface area (Å²) in [6.45, 7) is 1.35. The minimum atomic E-state index is -0.548. The number of alkyl halides is 1. The number of halogens is 2. The molecule has 1 aliphatic rings. The molecule has 0 N–H and O–H groups in total. The minimum absolute atomic E-state index is 0.160. The number of hydrogen-bond acceptors (Lipinski definition) is 3. The highest BCUT2D eigenvalue weighted by Gasteiger charge is 2.27. The van der Waals surface area contributed by atoms with Crippen molar-refractivity contribution in [2.45, 2.75) is 6.42 Å². The molecular formula is C12H12BrClN2O3. The summed E-state index contributed by atoms with van der Waals surface area (Å²) in [5.41, 5.74) is 0.113. The largest absolute Gasteiger partial charge is 0.338 e. The van der Waals surface area contributed by atoms with E-state index in [1.54, 1.807) is 4.90 Å². The quantitative estimate of drug-likeness (QED) is 0.479. The first kappa shape index (κ1) is 14.3. The number of hydrogen-bond donors (Lipinski definition) is 0. The molecule has 0 bridgehead atoms. The summed E-state index contributed by atoms with van der Waals surface area (Å²) in [5.74, 6) is 0.243. The summed E-state index contributed by atoms with van der Waals surface area (Å²) in [4.78, 5) is 24.2. The summed E-state index contributed by atoms with van der Waals surface area (Å²) in [6.07, 6.45) is 0.944. The fourth-order valence-corrected chi connectivity index (χ4v) is 2.89. The number of carbonyl (C=O) groups is 1. The lowest BCUT2D eigenvalue weighted by atomic mass is 10.1. The van der Waals surface area contributed by atoms with Crippen LogP contribution in [0.25, 0.3) is 0 Å². The van der Waals surface area contributed by atoms with Crippen LogP contribution in [0.15, 0.2) is 18.2 Å². The van der Waals surface area contributed by atoms with Gasteiger partial charge in [0.15, 0.2) is 0 Å². The Balaban J connectivity index is 2.22. The number of benzene rings is 1. The third-order valence-electron chi connectivity index (χ3n) is 3.13. The molecule has 1 aliphatic heterocycles. The standard InChI is InChI=1S/C12H12BrClN2O3/c13-6-8-1-2-15(7-8)12(17)9-3-10(14)5-11(4-9)16(18)19/h3-5,8H,1-2,6-7H2. The molecule has 1 atom stereocenters. The van der Waals surface area contributed by atoms with E-state index in [-0.39, 0.29) is 22.2 Å². The van der Waals surface area contributed by atoms with Crippen LogP contribution in [0.1, 0.15) is 16.8 Å². The smallest absolute Gasteiger partial charge is 0.271 e. The Morgan fingerprint density at radius 2 is 2.26 bits per heavy atom. The van der Waals surface area contributed by atoms with E-state index in [0.717, 1.165) is 11.8 Å². The van der Waals surface area contributed by atoms with E-state index in [4.69, 9.17) is 11.6 Å². The van der Waals surface area contributed by atoms with Crippen LogP contribution in [0.5, 0.6) is 0 Å². The lowest BCUT2D eigenvalue weighted by Gasteiger charge is -2.16. The van der Waals surface area contributed by atoms with E-state index in [0.29, 0.717) is 19.0 Å². The molecule has 1 saturated heterocycles. The van der Waals surface area contributed by atoms with Gasteiger partial charge < -0.3 is 4.90 Å². The number of rotatable bonds is 3. The molecule has 1 unspecified atom stereocenters. The normalized spacial score (nSPS) is 18.6. The first-order valence-electron chi connectivity index (χ1n) is 5.81. The number of non-ortho nitro benzene ring substituents is 1. The zero-order valence-corrected chi connectivity index (χ0v) is 12.4. The van der Waals surface area contributed by atoms with Gasteiger partial charge in [0.25, 0.3) is 11.6 Å². The van der Waals surface area contributed by atoms with Crippen LogP contribution in [-0.2, 0) is 0 Å². The first-order valence-corrected chi connectivity index (χ1v) is 7.31. The van der Waals surface area contributed by atoms with Gasteiger partial charge in [-0.05, 0) is 18.4 Å². The highest BCUT2D eigenvalue weighted by Crippen LogP contribution is 2.25. The summed E-state index contributed by atoms with van der Waals surface area (Å²) >= 11 is 9.22. The second-order valence-corrected chi connectivity index (χ2v) is 5.60. The highest BCUT2D eigenvalue weighted by molar-refractivity contribution is 9.09. The van der Waals surface area contributed by atoms with Gasteiger partial charge in [0.2, 0.25) is 0 Å². The van der Waals surface area contributed by atoms with Gasteiger partial charge in [-0.15, -0.1) is 0 Å². The second kappa shape index (κ2) is 5.88. The van der Waals surface area contributed by atoms with Crippen molar-refractivity contribution >= 4 is 39.1 Å². The minimum Gasteiger partial charge on any atom is -0.338 e. The van der Waals surface area contributed by atoms with E-state index in [1.165, 1.54) is 18.2 Å². The maximum atomic E-state index is 12.3. The van der Waals surface area contributed by atoms with Crippen molar-refractivity contribution in [3.05, 3.63) is 38.9 Å². The van der Waals surface area contributed by atoms with Gasteiger partial charge in [0, 0.05) is 41.1 Å². The summed E-state index contributed by atoms with van der Waals surface area (Å²) in [6, 6.07) is 3.98. The van der Waals surface area contributed by atoms with Crippen LogP contribution in [0.3, 0.4) is 0 Å². The number of amides is 1. The van der Waals surface area contributed by atoms with Crippen molar-refractivity contribution in [3.8, 4) is 0 Å². The zero-order valence-electron chi connectivity index (χ0n) is 10.0. The van der Waals surface area contributed by atoms with Crippen LogP contribution in [0, 0.1) is 16.0 Å². The molecule has 1 aromatic carbocycles. The molecule has 5 nitrogen and oxygen atoms in total. The van der Waals surface area contributed by atoms with E-state index in [9.17, 15) is 14.9 Å². The van der Waals surface area contributed by atoms with Crippen LogP contribution < -0.4 is 0 Å². The Labute approximate surface area is 123 Å². The lowest BCUT2D eigenvalue weighted by Crippen LogP contribution is -2.28. The monoisotopic (exact) mass is 346 g/mol. The topological polar surface area (TPSA) is 63.4 Å². The number of nitro benzene ring substituents is 1. The van der Waals surface area contributed by atoms with Gasteiger partial charge in [-0.3, -0.25) is 14.9 Å². The van der Waals surface area contributed by atoms with E-state index in [1.807, 2.05) is 0 Å². The van der Waals surface area contributed by atoms with Crippen LogP contribution >= 0.6 is 27.5 Å². The molecule has 0 spiro atoms. The molecule has 102 valence electrons. The summed E-state index contributed by atoms with van der Waals surface area (Å²) in [5, 5.41) is 11.8. The lowest BCUT2D eigenvalue weighted by molar-refractivity contribution is -0.384. The Morgan fingerprint density at radius 3 is 2.84 bits per heavy atom. The fraction of sp³-hybridized carbons (Fsp3) is 0.417. The van der Waals surface area contributed by atoms with E-state index in [2.05, 4.69) is 15.9 Å². The molecule has 2 rings (SSSR count). The van der Waals surface area contributed by atoms with Crippen molar-refractivity contribution in [1.82, 2.24) is 4.90 Å². The van der Waals surface area contributed by atoms with Gasteiger partial charge in [-0.2, -0.15) is 0 Å². The second-order valence-electron chi connectivity index (χ2n) is 4.52. The SMILES string of the molecule is O=C(c1cc(Cl)cc([N+](=O)[O-])c1)N1CCC(CBr)C1.